The van der Waals surface area contributed by atoms with Crippen LogP contribution in [-0.4, -0.2) is 59.9 Å². The van der Waals surface area contributed by atoms with Crippen LogP contribution >= 0.6 is 11.6 Å². The zero-order valence-electron chi connectivity index (χ0n) is 13.1. The molecule has 0 unspecified atom stereocenters. The topological polar surface area (TPSA) is 96.0 Å². The summed E-state index contributed by atoms with van der Waals surface area (Å²) in [6.07, 6.45) is -1.08. The zero-order valence-corrected chi connectivity index (χ0v) is 13.9. The molecule has 0 saturated carbocycles. The number of imide groups is 1. The van der Waals surface area contributed by atoms with Crippen LogP contribution in [0.5, 0.6) is 0 Å². The van der Waals surface area contributed by atoms with E-state index in [0.29, 0.717) is 10.7 Å². The van der Waals surface area contributed by atoms with Gasteiger partial charge in [0.1, 0.15) is 13.1 Å². The standard InChI is InChI=1S/C15H16ClN3O5/c1-9(14(22)17-11-5-3-10(16)4-6-11)24-13(21)8-19-12(20)7-18(2)15(19)23/h3-6,9H,7-8H2,1-2H3,(H,17,22)/t9-/m1/s1. The van der Waals surface area contributed by atoms with Gasteiger partial charge in [-0.2, -0.15) is 0 Å². The summed E-state index contributed by atoms with van der Waals surface area (Å²) in [4.78, 5) is 49.0. The molecular weight excluding hydrogens is 338 g/mol. The number of likely N-dealkylation sites (N-methyl/N-ethyl adjacent to an activating group) is 1. The Morgan fingerprint density at radius 2 is 1.92 bits per heavy atom. The van der Waals surface area contributed by atoms with Crippen LogP contribution in [0.4, 0.5) is 10.5 Å². The van der Waals surface area contributed by atoms with Gasteiger partial charge in [0.05, 0.1) is 0 Å². The molecule has 24 heavy (non-hydrogen) atoms. The normalized spacial score (nSPS) is 15.5. The van der Waals surface area contributed by atoms with E-state index in [1.807, 2.05) is 0 Å². The molecule has 8 nitrogen and oxygen atoms in total. The van der Waals surface area contributed by atoms with Gasteiger partial charge in [-0.15, -0.1) is 0 Å². The number of anilines is 1. The largest absolute Gasteiger partial charge is 0.451 e. The Kier molecular flexibility index (Phi) is 5.40. The van der Waals surface area contributed by atoms with Crippen LogP contribution in [0.1, 0.15) is 6.92 Å². The smallest absolute Gasteiger partial charge is 0.327 e. The van der Waals surface area contributed by atoms with Crippen LogP contribution in [0, 0.1) is 0 Å². The maximum absolute atomic E-state index is 12.0. The molecule has 2 rings (SSSR count). The van der Waals surface area contributed by atoms with Crippen molar-refractivity contribution in [1.82, 2.24) is 9.80 Å². The average Bonchev–Trinajstić information content (AvgIpc) is 2.76. The van der Waals surface area contributed by atoms with Crippen LogP contribution in [0.15, 0.2) is 24.3 Å². The predicted molar refractivity (Wildman–Crippen MR) is 85.4 cm³/mol. The number of nitrogens with zero attached hydrogens (tertiary/aromatic N) is 2. The van der Waals surface area contributed by atoms with Gasteiger partial charge < -0.3 is 15.0 Å². The minimum Gasteiger partial charge on any atom is -0.451 e. The SMILES string of the molecule is C[C@@H](OC(=O)CN1C(=O)CN(C)C1=O)C(=O)Nc1ccc(Cl)cc1. The molecule has 1 aliphatic rings. The van der Waals surface area contributed by atoms with Gasteiger partial charge in [0.15, 0.2) is 6.10 Å². The molecule has 4 amide bonds. The number of esters is 1. The molecule has 9 heteroatoms. The summed E-state index contributed by atoms with van der Waals surface area (Å²) in [6, 6.07) is 5.85. The van der Waals surface area contributed by atoms with Crippen molar-refractivity contribution >= 4 is 41.1 Å². The van der Waals surface area contributed by atoms with E-state index in [4.69, 9.17) is 16.3 Å². The third-order valence-corrected chi connectivity index (χ3v) is 3.56. The van der Waals surface area contributed by atoms with Gasteiger partial charge in [0.2, 0.25) is 0 Å². The van der Waals surface area contributed by atoms with Crippen molar-refractivity contribution in [3.8, 4) is 0 Å². The fourth-order valence-electron chi connectivity index (χ4n) is 2.02. The molecule has 0 aromatic heterocycles. The molecule has 1 saturated heterocycles. The average molecular weight is 354 g/mol. The van der Waals surface area contributed by atoms with Gasteiger partial charge in [-0.1, -0.05) is 11.6 Å². The van der Waals surface area contributed by atoms with E-state index in [9.17, 15) is 19.2 Å². The van der Waals surface area contributed by atoms with Crippen molar-refractivity contribution in [2.24, 2.45) is 0 Å². The lowest BCUT2D eigenvalue weighted by molar-refractivity contribution is -0.154. The molecule has 0 bridgehead atoms. The Morgan fingerprint density at radius 3 is 2.46 bits per heavy atom. The van der Waals surface area contributed by atoms with E-state index in [0.717, 1.165) is 4.90 Å². The summed E-state index contributed by atoms with van der Waals surface area (Å²) < 4.78 is 4.96. The number of ether oxygens (including phenoxy) is 1. The van der Waals surface area contributed by atoms with Gasteiger partial charge in [-0.3, -0.25) is 19.3 Å². The van der Waals surface area contributed by atoms with E-state index >= 15 is 0 Å². The number of halogens is 1. The van der Waals surface area contributed by atoms with Crippen LogP contribution in [-0.2, 0) is 19.1 Å². The van der Waals surface area contributed by atoms with E-state index in [2.05, 4.69) is 5.32 Å². The molecule has 1 aromatic carbocycles. The minimum atomic E-state index is -1.08. The van der Waals surface area contributed by atoms with Crippen molar-refractivity contribution in [3.05, 3.63) is 29.3 Å². The van der Waals surface area contributed by atoms with E-state index < -0.39 is 36.5 Å². The number of carbonyl (C=O) groups excluding carboxylic acids is 4. The first-order valence-electron chi connectivity index (χ1n) is 7.09. The fraction of sp³-hybridized carbons (Fsp3) is 0.333. The highest BCUT2D eigenvalue weighted by atomic mass is 35.5. The Morgan fingerprint density at radius 1 is 1.29 bits per heavy atom. The number of benzene rings is 1. The van der Waals surface area contributed by atoms with Crippen LogP contribution in [0.25, 0.3) is 0 Å². The fourth-order valence-corrected chi connectivity index (χ4v) is 2.14. The Bertz CT molecular complexity index is 676. The van der Waals surface area contributed by atoms with Crippen molar-refractivity contribution in [2.75, 3.05) is 25.5 Å². The molecule has 128 valence electrons. The zero-order chi connectivity index (χ0) is 17.9. The first-order chi connectivity index (χ1) is 11.3. The number of carbonyl (C=O) groups is 4. The monoisotopic (exact) mass is 353 g/mol. The lowest BCUT2D eigenvalue weighted by Crippen LogP contribution is -2.39. The second-order valence-corrected chi connectivity index (χ2v) is 5.68. The van der Waals surface area contributed by atoms with Gasteiger partial charge in [0.25, 0.3) is 11.8 Å². The van der Waals surface area contributed by atoms with Crippen LogP contribution in [0.3, 0.4) is 0 Å². The lowest BCUT2D eigenvalue weighted by atomic mass is 10.3. The molecule has 0 aliphatic carbocycles. The predicted octanol–water partition coefficient (Wildman–Crippen LogP) is 1.10. The van der Waals surface area contributed by atoms with Gasteiger partial charge in [-0.25, -0.2) is 4.79 Å². The highest BCUT2D eigenvalue weighted by molar-refractivity contribution is 6.30. The van der Waals surface area contributed by atoms with Crippen molar-refractivity contribution in [3.63, 3.8) is 0 Å². The number of urea groups is 1. The summed E-state index contributed by atoms with van der Waals surface area (Å²) in [5.74, 6) is -1.87. The third-order valence-electron chi connectivity index (χ3n) is 3.31. The summed E-state index contributed by atoms with van der Waals surface area (Å²) in [5, 5.41) is 3.09. The van der Waals surface area contributed by atoms with Gasteiger partial charge in [-0.05, 0) is 31.2 Å². The summed E-state index contributed by atoms with van der Waals surface area (Å²) in [7, 11) is 1.45. The molecule has 1 atom stereocenters. The molecule has 0 radical (unpaired) electrons. The van der Waals surface area contributed by atoms with Crippen LogP contribution < -0.4 is 5.32 Å². The first-order valence-corrected chi connectivity index (χ1v) is 7.47. The molecule has 1 aliphatic heterocycles. The first kappa shape index (κ1) is 17.7. The van der Waals surface area contributed by atoms with E-state index in [1.165, 1.54) is 18.9 Å². The van der Waals surface area contributed by atoms with Crippen LogP contribution in [0.2, 0.25) is 5.02 Å². The molecule has 1 fully saturated rings. The Hall–Kier alpha value is -2.61. The highest BCUT2D eigenvalue weighted by Crippen LogP contribution is 2.14. The highest BCUT2D eigenvalue weighted by Gasteiger charge is 2.35. The molecule has 1 heterocycles. The second kappa shape index (κ2) is 7.31. The van der Waals surface area contributed by atoms with E-state index in [-0.39, 0.29) is 6.54 Å². The third kappa shape index (κ3) is 4.23. The van der Waals surface area contributed by atoms with Crippen molar-refractivity contribution < 1.29 is 23.9 Å². The maximum Gasteiger partial charge on any atom is 0.327 e. The molecule has 1 aromatic rings. The van der Waals surface area contributed by atoms with Gasteiger partial charge >= 0.3 is 12.0 Å². The lowest BCUT2D eigenvalue weighted by Gasteiger charge is -2.16. The molecule has 1 N–H and O–H groups in total. The maximum atomic E-state index is 12.0. The number of hydrogen-bond donors (Lipinski definition) is 1. The summed E-state index contributed by atoms with van der Waals surface area (Å²) >= 11 is 5.75. The molecule has 0 spiro atoms. The van der Waals surface area contributed by atoms with E-state index in [1.54, 1.807) is 24.3 Å². The summed E-state index contributed by atoms with van der Waals surface area (Å²) in [6.45, 7) is 0.780. The second-order valence-electron chi connectivity index (χ2n) is 5.25. The number of amides is 4. The number of rotatable bonds is 5. The number of nitrogens with one attached hydrogen (secondary N) is 1. The quantitative estimate of drug-likeness (QED) is 0.631. The van der Waals surface area contributed by atoms with Gasteiger partial charge in [0, 0.05) is 17.8 Å². The number of hydrogen-bond acceptors (Lipinski definition) is 5. The minimum absolute atomic E-state index is 0.0846. The summed E-state index contributed by atoms with van der Waals surface area (Å²) in [5.41, 5.74) is 0.499. The Balaban J connectivity index is 1.86. The van der Waals surface area contributed by atoms with Crippen molar-refractivity contribution in [2.45, 2.75) is 13.0 Å². The van der Waals surface area contributed by atoms with Crippen molar-refractivity contribution in [1.29, 1.82) is 0 Å². The Labute approximate surface area is 143 Å². The molecular formula is C15H16ClN3O5.